The van der Waals surface area contributed by atoms with Crippen LogP contribution >= 0.6 is 0 Å². The van der Waals surface area contributed by atoms with Gasteiger partial charge in [0.05, 0.1) is 19.8 Å². The van der Waals surface area contributed by atoms with E-state index in [9.17, 15) is 27.7 Å². The smallest absolute Gasteiger partial charge is 0.397 e. The van der Waals surface area contributed by atoms with Crippen molar-refractivity contribution in [1.82, 2.24) is 5.32 Å². The largest absolute Gasteiger partial charge is 0.490 e. The second kappa shape index (κ2) is 34.2. The Morgan fingerprint density at radius 2 is 1.13 bits per heavy atom. The lowest BCUT2D eigenvalue weighted by Crippen LogP contribution is -2.71. The summed E-state index contributed by atoms with van der Waals surface area (Å²) in [6.45, 7) is 18.9. The Hall–Kier alpha value is -2.27. The Kier molecular flexibility index (Phi) is 31.2. The highest BCUT2D eigenvalue weighted by atomic mass is 32.3. The molecule has 1 aromatic rings. The molecule has 5 atom stereocenters. The zero-order valence-electron chi connectivity index (χ0n) is 44.8. The minimum atomic E-state index is -5.20. The molecule has 1 fully saturated rings. The molecule has 1 aliphatic heterocycles. The molecule has 0 radical (unpaired) electrons. The van der Waals surface area contributed by atoms with Gasteiger partial charge in [0.2, 0.25) is 0 Å². The number of nitrogens with one attached hydrogen (secondary N) is 1. The van der Waals surface area contributed by atoms with Crippen LogP contribution in [-0.2, 0) is 33.3 Å². The Balaban J connectivity index is 2.35. The highest BCUT2D eigenvalue weighted by Gasteiger charge is 2.58. The van der Waals surface area contributed by atoms with E-state index < -0.39 is 60.7 Å². The van der Waals surface area contributed by atoms with Crippen LogP contribution in [-0.4, -0.2) is 88.2 Å². The quantitative estimate of drug-likeness (QED) is 0.0246. The van der Waals surface area contributed by atoms with Gasteiger partial charge in [-0.1, -0.05) is 196 Å². The van der Waals surface area contributed by atoms with Crippen molar-refractivity contribution in [3.05, 3.63) is 23.8 Å². The number of aliphatic hydroxyl groups is 1. The van der Waals surface area contributed by atoms with Gasteiger partial charge in [-0.15, -0.1) is 0 Å². The number of ether oxygens (including phenoxy) is 4. The van der Waals surface area contributed by atoms with Crippen LogP contribution < -0.4 is 14.8 Å². The molecule has 13 nitrogen and oxygen atoms in total. The monoisotopic (exact) mass is 1010 g/mol. The summed E-state index contributed by atoms with van der Waals surface area (Å²) in [5.74, 6) is -0.421. The fraction of sp³-hybridized carbons (Fsp3) is 0.852. The van der Waals surface area contributed by atoms with Crippen molar-refractivity contribution in [2.75, 3.05) is 19.8 Å². The van der Waals surface area contributed by atoms with Gasteiger partial charge in [-0.05, 0) is 62.5 Å². The van der Waals surface area contributed by atoms with Gasteiger partial charge in [-0.25, -0.2) is 4.18 Å². The summed E-state index contributed by atoms with van der Waals surface area (Å²) in [4.78, 5) is 27.9. The molecule has 0 saturated carbocycles. The number of carbonyl (C=O) groups excluding carboxylic acids is 2. The molecule has 0 aliphatic carbocycles. The summed E-state index contributed by atoms with van der Waals surface area (Å²) in [6.07, 6.45) is 25.3. The van der Waals surface area contributed by atoms with E-state index in [2.05, 4.69) is 26.1 Å². The molecule has 1 amide bonds. The summed E-state index contributed by atoms with van der Waals surface area (Å²) in [7, 11) is -7.71. The maximum absolute atomic E-state index is 14.3. The molecule has 0 aromatic heterocycles. The molecular weight excluding hydrogens is 915 g/mol. The Morgan fingerprint density at radius 3 is 1.58 bits per heavy atom. The van der Waals surface area contributed by atoms with Gasteiger partial charge in [0.15, 0.2) is 32.2 Å². The number of hydrogen-bond donors (Lipinski definition) is 3. The summed E-state index contributed by atoms with van der Waals surface area (Å²) in [5, 5.41) is 14.3. The van der Waals surface area contributed by atoms with E-state index >= 15 is 0 Å². The van der Waals surface area contributed by atoms with Crippen molar-refractivity contribution in [1.29, 1.82) is 0 Å². The van der Waals surface area contributed by atoms with E-state index in [1.165, 1.54) is 110 Å². The van der Waals surface area contributed by atoms with Crippen LogP contribution in [0.4, 0.5) is 0 Å². The van der Waals surface area contributed by atoms with Crippen molar-refractivity contribution < 1.29 is 55.2 Å². The van der Waals surface area contributed by atoms with Crippen LogP contribution in [0.5, 0.6) is 11.5 Å². The third-order valence-corrected chi connectivity index (χ3v) is 18.9. The molecule has 3 N–H and O–H groups in total. The average molecular weight is 1010 g/mol. The summed E-state index contributed by atoms with van der Waals surface area (Å²) in [5.41, 5.74) is -1.60. The molecule has 2 rings (SSSR count). The minimum Gasteiger partial charge on any atom is -0.490 e. The fourth-order valence-corrected chi connectivity index (χ4v) is 10.1. The maximum Gasteiger partial charge on any atom is 0.397 e. The molecule has 15 heteroatoms. The zero-order valence-corrected chi connectivity index (χ0v) is 46.7. The lowest BCUT2D eigenvalue weighted by atomic mass is 9.87. The molecule has 69 heavy (non-hydrogen) atoms. The number of amides is 1. The molecule has 1 aliphatic rings. The fourth-order valence-electron chi connectivity index (χ4n) is 8.44. The molecular formula is C54H99NO12SSi. The first kappa shape index (κ1) is 62.8. The molecule has 1 saturated heterocycles. The van der Waals surface area contributed by atoms with E-state index in [0.29, 0.717) is 31.1 Å². The third kappa shape index (κ3) is 25.8. The van der Waals surface area contributed by atoms with Gasteiger partial charge >= 0.3 is 16.4 Å². The van der Waals surface area contributed by atoms with Crippen LogP contribution in [0, 0.1) is 0 Å². The number of hydrogen-bond acceptors (Lipinski definition) is 11. The Morgan fingerprint density at radius 1 is 0.696 bits per heavy atom. The summed E-state index contributed by atoms with van der Waals surface area (Å²) in [6, 6.07) is 3.36. The van der Waals surface area contributed by atoms with Crippen LogP contribution in [0.3, 0.4) is 0 Å². The van der Waals surface area contributed by atoms with Crippen LogP contribution in [0.1, 0.15) is 239 Å². The number of carbonyl (C=O) groups is 2. The van der Waals surface area contributed by atoms with Crippen LogP contribution in [0.15, 0.2) is 18.2 Å². The maximum atomic E-state index is 14.3. The first-order valence-corrected chi connectivity index (χ1v) is 31.6. The molecule has 1 heterocycles. The predicted octanol–water partition coefficient (Wildman–Crippen LogP) is 13.8. The van der Waals surface area contributed by atoms with Crippen molar-refractivity contribution in [2.45, 2.75) is 277 Å². The van der Waals surface area contributed by atoms with Gasteiger partial charge in [0, 0.05) is 12.0 Å². The first-order valence-electron chi connectivity index (χ1n) is 27.3. The first-order chi connectivity index (χ1) is 32.8. The van der Waals surface area contributed by atoms with Gasteiger partial charge in [-0.2, -0.15) is 8.42 Å². The number of aliphatic hydroxyl groups excluding tert-OH is 1. The SMILES string of the molecule is CCCCCCCCCCCCCC(=O)O[C@@H]1[C@@H](NC(=O)c2ccc(OCCCCCCCCCC)c(OCCCCCCCCCC)c2)C(O)O[C@](C)(CO[Si](C)(C)C(C)(C)C)[C@H]1OS(=O)(=O)O. The average Bonchev–Trinajstić information content (AvgIpc) is 3.28. The Labute approximate surface area is 421 Å². The number of rotatable bonds is 40. The lowest BCUT2D eigenvalue weighted by Gasteiger charge is -2.50. The van der Waals surface area contributed by atoms with Gasteiger partial charge in [0.1, 0.15) is 17.7 Å². The van der Waals surface area contributed by atoms with Crippen LogP contribution in [0.2, 0.25) is 18.1 Å². The van der Waals surface area contributed by atoms with Crippen molar-refractivity contribution in [3.63, 3.8) is 0 Å². The second-order valence-electron chi connectivity index (χ2n) is 21.4. The van der Waals surface area contributed by atoms with Gasteiger partial charge in [0.25, 0.3) is 5.91 Å². The number of unbranched alkanes of at least 4 members (excludes halogenated alkanes) is 24. The highest BCUT2D eigenvalue weighted by Crippen LogP contribution is 2.40. The van der Waals surface area contributed by atoms with E-state index in [4.69, 9.17) is 27.6 Å². The molecule has 402 valence electrons. The third-order valence-electron chi connectivity index (χ3n) is 14.0. The van der Waals surface area contributed by atoms with E-state index in [1.807, 2.05) is 33.9 Å². The van der Waals surface area contributed by atoms with E-state index in [1.54, 1.807) is 18.2 Å². The van der Waals surface area contributed by atoms with Crippen molar-refractivity contribution in [3.8, 4) is 11.5 Å². The second-order valence-corrected chi connectivity index (χ2v) is 27.2. The Bertz CT molecular complexity index is 1660. The van der Waals surface area contributed by atoms with Crippen LogP contribution in [0.25, 0.3) is 0 Å². The predicted molar refractivity (Wildman–Crippen MR) is 280 cm³/mol. The number of esters is 1. The number of benzene rings is 1. The lowest BCUT2D eigenvalue weighted by molar-refractivity contribution is -0.290. The topological polar surface area (TPSA) is 176 Å². The van der Waals surface area contributed by atoms with E-state index in [0.717, 1.165) is 64.2 Å². The minimum absolute atomic E-state index is 0.0148. The molecule has 0 bridgehead atoms. The normalized spacial score (nSPS) is 19.9. The molecule has 0 spiro atoms. The zero-order chi connectivity index (χ0) is 51.2. The van der Waals surface area contributed by atoms with Crippen molar-refractivity contribution in [2.24, 2.45) is 0 Å². The molecule has 1 unspecified atom stereocenters. The summed E-state index contributed by atoms with van der Waals surface area (Å²) >= 11 is 0. The highest BCUT2D eigenvalue weighted by molar-refractivity contribution is 7.80. The van der Waals surface area contributed by atoms with Gasteiger partial charge < -0.3 is 33.8 Å². The van der Waals surface area contributed by atoms with Gasteiger partial charge in [-0.3, -0.25) is 14.1 Å². The summed E-state index contributed by atoms with van der Waals surface area (Å²) < 4.78 is 71.7. The van der Waals surface area contributed by atoms with E-state index in [-0.39, 0.29) is 23.6 Å². The molecule has 1 aromatic carbocycles. The standard InChI is InChI=1S/C54H99NO12SSi/c1-10-13-16-19-22-25-26-27-28-31-34-37-47(56)65-49-48(52(58)66-54(7,50(49)67-68(59,60)61)43-64-69(8,9)53(4,5)6)55-51(57)44-38-39-45(62-40-35-32-29-23-20-17-14-11-2)46(42-44)63-41-36-33-30-24-21-18-15-12-3/h38-39,42,48-50,52,58H,10-37,40-41,43H2,1-9H3,(H,55,57)(H,59,60,61)/t48-,49-,50+,52?,54-/m1/s1. The van der Waals surface area contributed by atoms with Crippen molar-refractivity contribution >= 4 is 30.6 Å².